The van der Waals surface area contributed by atoms with Gasteiger partial charge in [-0.05, 0) is 64.3 Å². The average Bonchev–Trinajstić information content (AvgIpc) is 2.97. The van der Waals surface area contributed by atoms with E-state index in [0.29, 0.717) is 18.4 Å². The molecule has 0 saturated carbocycles. The second-order valence-electron chi connectivity index (χ2n) is 11.3. The van der Waals surface area contributed by atoms with Crippen molar-refractivity contribution < 1.29 is 59.1 Å². The number of aromatic hydroxyl groups is 1. The van der Waals surface area contributed by atoms with Crippen molar-refractivity contribution >= 4 is 12.0 Å². The van der Waals surface area contributed by atoms with Crippen molar-refractivity contribution in [2.45, 2.75) is 108 Å². The van der Waals surface area contributed by atoms with Gasteiger partial charge >= 0.3 is 5.97 Å². The van der Waals surface area contributed by atoms with Gasteiger partial charge in [0, 0.05) is 6.08 Å². The SMILES string of the molecule is C=CC(C)(CCC=C(C)C)O[C@@H]1O[C@H](CO)[C@@H](OC(=O)/C=C\c2ccc(O)cc2)[C@H](O[C@@H]2O[C@@H](C)[C@H](O)[C@@H](O)[C@H]2O)[C@H]1O. The fourth-order valence-electron chi connectivity index (χ4n) is 4.76. The van der Waals surface area contributed by atoms with Crippen molar-refractivity contribution in [1.82, 2.24) is 0 Å². The summed E-state index contributed by atoms with van der Waals surface area (Å²) in [7, 11) is 0. The van der Waals surface area contributed by atoms with Gasteiger partial charge in [0.2, 0.25) is 0 Å². The number of ether oxygens (including phenoxy) is 5. The number of carbonyl (C=O) groups excluding carboxylic acids is 1. The number of phenols is 1. The lowest BCUT2D eigenvalue weighted by Crippen LogP contribution is -2.65. The molecule has 0 aliphatic carbocycles. The van der Waals surface area contributed by atoms with Crippen LogP contribution >= 0.6 is 0 Å². The zero-order valence-electron chi connectivity index (χ0n) is 24.9. The maximum Gasteiger partial charge on any atom is 0.331 e. The monoisotopic (exact) mass is 608 g/mol. The van der Waals surface area contributed by atoms with Crippen LogP contribution in [0, 0.1) is 0 Å². The number of hydrogen-bond donors (Lipinski definition) is 6. The molecule has 6 N–H and O–H groups in total. The third-order valence-corrected chi connectivity index (χ3v) is 7.46. The summed E-state index contributed by atoms with van der Waals surface area (Å²) >= 11 is 0. The van der Waals surface area contributed by atoms with E-state index in [4.69, 9.17) is 23.7 Å². The Morgan fingerprint density at radius 1 is 1.00 bits per heavy atom. The number of rotatable bonds is 12. The fraction of sp³-hybridized carbons (Fsp3) is 0.581. The normalized spacial score (nSPS) is 34.3. The minimum atomic E-state index is -1.72. The predicted molar refractivity (Wildman–Crippen MR) is 154 cm³/mol. The van der Waals surface area contributed by atoms with Crippen molar-refractivity contribution in [3.05, 3.63) is 60.2 Å². The maximum absolute atomic E-state index is 12.9. The number of allylic oxidation sites excluding steroid dienone is 2. The molecule has 12 nitrogen and oxygen atoms in total. The van der Waals surface area contributed by atoms with E-state index in [9.17, 15) is 35.4 Å². The van der Waals surface area contributed by atoms with Crippen LogP contribution in [0.4, 0.5) is 0 Å². The number of aliphatic hydroxyl groups excluding tert-OH is 5. The molecular formula is C31H44O12. The van der Waals surface area contributed by atoms with Crippen LogP contribution in [0.3, 0.4) is 0 Å². The molecule has 11 atom stereocenters. The standard InChI is InChI=1S/C31H44O12/c1-6-31(5,15-7-8-17(2)3)43-30-26(38)28(42-29-25(37)24(36)23(35)18(4)39-29)27(21(16-32)40-30)41-22(34)14-11-19-9-12-20(33)13-10-19/h6,8-14,18,21,23-30,32-33,35-38H,1,7,15-16H2,2-5H3/b14-11-/t18-,21+,23-,24+,25+,26+,27+,28+,29-,30-,31?/m0/s1. The highest BCUT2D eigenvalue weighted by atomic mass is 16.7. The minimum Gasteiger partial charge on any atom is -0.508 e. The molecule has 2 aliphatic rings. The minimum absolute atomic E-state index is 0.0548. The van der Waals surface area contributed by atoms with Crippen molar-refractivity contribution in [3.63, 3.8) is 0 Å². The molecule has 3 rings (SSSR count). The highest BCUT2D eigenvalue weighted by Gasteiger charge is 2.53. The van der Waals surface area contributed by atoms with Crippen LogP contribution in [0.1, 0.15) is 46.1 Å². The Morgan fingerprint density at radius 2 is 1.67 bits per heavy atom. The molecule has 1 aromatic rings. The summed E-state index contributed by atoms with van der Waals surface area (Å²) in [6, 6.07) is 6.04. The van der Waals surface area contributed by atoms with Crippen LogP contribution in [-0.4, -0.2) is 110 Å². The second kappa shape index (κ2) is 15.4. The molecule has 0 radical (unpaired) electrons. The third-order valence-electron chi connectivity index (χ3n) is 7.46. The van der Waals surface area contributed by atoms with Crippen LogP contribution in [0.5, 0.6) is 5.75 Å². The van der Waals surface area contributed by atoms with Crippen LogP contribution in [0.25, 0.3) is 6.08 Å². The van der Waals surface area contributed by atoms with Crippen molar-refractivity contribution in [1.29, 1.82) is 0 Å². The van der Waals surface area contributed by atoms with Crippen LogP contribution in [0.2, 0.25) is 0 Å². The zero-order valence-corrected chi connectivity index (χ0v) is 24.9. The summed E-state index contributed by atoms with van der Waals surface area (Å²) in [5.74, 6) is -0.814. The second-order valence-corrected chi connectivity index (χ2v) is 11.3. The number of aliphatic hydroxyl groups is 5. The Bertz CT molecular complexity index is 1120. The number of esters is 1. The van der Waals surface area contributed by atoms with E-state index in [0.717, 1.165) is 11.6 Å². The van der Waals surface area contributed by atoms with Gasteiger partial charge in [-0.1, -0.05) is 29.9 Å². The van der Waals surface area contributed by atoms with Gasteiger partial charge in [0.1, 0.15) is 42.4 Å². The highest BCUT2D eigenvalue weighted by Crippen LogP contribution is 2.34. The molecule has 43 heavy (non-hydrogen) atoms. The van der Waals surface area contributed by atoms with Crippen molar-refractivity contribution in [3.8, 4) is 5.75 Å². The van der Waals surface area contributed by atoms with Gasteiger partial charge in [-0.15, -0.1) is 6.58 Å². The summed E-state index contributed by atoms with van der Waals surface area (Å²) < 4.78 is 29.1. The van der Waals surface area contributed by atoms with Gasteiger partial charge in [0.25, 0.3) is 0 Å². The van der Waals surface area contributed by atoms with E-state index >= 15 is 0 Å². The van der Waals surface area contributed by atoms with E-state index in [1.165, 1.54) is 25.1 Å². The maximum atomic E-state index is 12.9. The smallest absolute Gasteiger partial charge is 0.331 e. The molecule has 2 aliphatic heterocycles. The predicted octanol–water partition coefficient (Wildman–Crippen LogP) is 1.32. The van der Waals surface area contributed by atoms with Crippen molar-refractivity contribution in [2.75, 3.05) is 6.61 Å². The van der Waals surface area contributed by atoms with Crippen molar-refractivity contribution in [2.24, 2.45) is 0 Å². The highest BCUT2D eigenvalue weighted by molar-refractivity contribution is 5.87. The molecular weight excluding hydrogens is 564 g/mol. The van der Waals surface area contributed by atoms with Crippen LogP contribution in [-0.2, 0) is 28.5 Å². The van der Waals surface area contributed by atoms with Gasteiger partial charge in [-0.3, -0.25) is 0 Å². The van der Waals surface area contributed by atoms with Gasteiger partial charge in [-0.2, -0.15) is 0 Å². The topological polar surface area (TPSA) is 185 Å². The van der Waals surface area contributed by atoms with Gasteiger partial charge in [-0.25, -0.2) is 4.79 Å². The molecule has 0 aromatic heterocycles. The van der Waals surface area contributed by atoms with Gasteiger partial charge in [0.05, 0.1) is 18.3 Å². The molecule has 0 spiro atoms. The Morgan fingerprint density at radius 3 is 2.28 bits per heavy atom. The number of carbonyl (C=O) groups is 1. The number of phenolic OH excluding ortho intramolecular Hbond substituents is 1. The largest absolute Gasteiger partial charge is 0.508 e. The fourth-order valence-corrected chi connectivity index (χ4v) is 4.76. The van der Waals surface area contributed by atoms with E-state index in [-0.39, 0.29) is 5.75 Å². The van der Waals surface area contributed by atoms with E-state index < -0.39 is 79.6 Å². The molecule has 2 heterocycles. The van der Waals surface area contributed by atoms with Gasteiger partial charge in [0.15, 0.2) is 18.7 Å². The molecule has 0 amide bonds. The summed E-state index contributed by atoms with van der Waals surface area (Å²) in [6.45, 7) is 10.3. The number of benzene rings is 1. The van der Waals surface area contributed by atoms with E-state index in [1.807, 2.05) is 19.9 Å². The molecule has 2 fully saturated rings. The first-order chi connectivity index (χ1) is 20.3. The summed E-state index contributed by atoms with van der Waals surface area (Å²) in [5, 5.41) is 62.1. The molecule has 2 saturated heterocycles. The first-order valence-electron chi connectivity index (χ1n) is 14.2. The van der Waals surface area contributed by atoms with E-state index in [2.05, 4.69) is 6.58 Å². The molecule has 240 valence electrons. The Balaban J connectivity index is 1.88. The summed E-state index contributed by atoms with van der Waals surface area (Å²) in [4.78, 5) is 12.9. The Labute approximate surface area is 251 Å². The Kier molecular flexibility index (Phi) is 12.5. The lowest BCUT2D eigenvalue weighted by Gasteiger charge is -2.47. The average molecular weight is 609 g/mol. The third kappa shape index (κ3) is 9.17. The molecule has 1 aromatic carbocycles. The first kappa shape index (κ1) is 34.8. The van der Waals surface area contributed by atoms with Crippen LogP contribution < -0.4 is 0 Å². The molecule has 12 heteroatoms. The zero-order chi connectivity index (χ0) is 31.9. The van der Waals surface area contributed by atoms with Gasteiger partial charge < -0.3 is 54.3 Å². The number of hydrogen-bond acceptors (Lipinski definition) is 12. The lowest BCUT2D eigenvalue weighted by molar-refractivity contribution is -0.364. The first-order valence-corrected chi connectivity index (χ1v) is 14.2. The van der Waals surface area contributed by atoms with E-state index in [1.54, 1.807) is 25.1 Å². The van der Waals surface area contributed by atoms with Crippen LogP contribution in [0.15, 0.2) is 54.6 Å². The molecule has 0 bridgehead atoms. The quantitative estimate of drug-likeness (QED) is 0.114. The molecule has 1 unspecified atom stereocenters. The summed E-state index contributed by atoms with van der Waals surface area (Å²) in [5.41, 5.74) is 0.728. The lowest BCUT2D eigenvalue weighted by atomic mass is 9.95. The Hall–Kier alpha value is -2.65. The summed E-state index contributed by atoms with van der Waals surface area (Å²) in [6.07, 6.45) is -7.17.